The lowest BCUT2D eigenvalue weighted by Gasteiger charge is -2.11. The fourth-order valence-electron chi connectivity index (χ4n) is 4.09. The van der Waals surface area contributed by atoms with Crippen molar-refractivity contribution in [1.82, 2.24) is 4.57 Å². The molecule has 1 aliphatic rings. The normalized spacial score (nSPS) is 13.6. The van der Waals surface area contributed by atoms with E-state index in [-0.39, 0.29) is 5.97 Å². The summed E-state index contributed by atoms with van der Waals surface area (Å²) in [7, 11) is 0. The van der Waals surface area contributed by atoms with Gasteiger partial charge < -0.3 is 9.30 Å². The fraction of sp³-hybridized carbons (Fsp3) is 0.333. The van der Waals surface area contributed by atoms with Gasteiger partial charge in [-0.25, -0.2) is 9.79 Å². The van der Waals surface area contributed by atoms with E-state index in [4.69, 9.17) is 9.73 Å². The molecule has 156 valence electrons. The van der Waals surface area contributed by atoms with Gasteiger partial charge in [-0.1, -0.05) is 0 Å². The zero-order valence-corrected chi connectivity index (χ0v) is 20.5. The first-order chi connectivity index (χ1) is 14.5. The maximum absolute atomic E-state index is 12.7. The second kappa shape index (κ2) is 9.06. The molecular weight excluding hydrogens is 507 g/mol. The van der Waals surface area contributed by atoms with Crippen LogP contribution in [0.4, 0.5) is 5.00 Å². The van der Waals surface area contributed by atoms with E-state index >= 15 is 0 Å². The highest BCUT2D eigenvalue weighted by atomic mass is 127. The van der Waals surface area contributed by atoms with Crippen LogP contribution in [0, 0.1) is 17.4 Å². The lowest BCUT2D eigenvalue weighted by molar-refractivity contribution is 0.0526. The Morgan fingerprint density at radius 3 is 2.70 bits per heavy atom. The van der Waals surface area contributed by atoms with Crippen LogP contribution >= 0.6 is 33.9 Å². The summed E-state index contributed by atoms with van der Waals surface area (Å²) in [6.45, 7) is 6.44. The highest BCUT2D eigenvalue weighted by Gasteiger charge is 2.26. The second-order valence-electron chi connectivity index (χ2n) is 7.51. The predicted octanol–water partition coefficient (Wildman–Crippen LogP) is 6.57. The van der Waals surface area contributed by atoms with E-state index in [9.17, 15) is 4.79 Å². The van der Waals surface area contributed by atoms with Gasteiger partial charge in [-0.3, -0.25) is 0 Å². The maximum atomic E-state index is 12.7. The number of benzene rings is 1. The van der Waals surface area contributed by atoms with Gasteiger partial charge in [0.25, 0.3) is 0 Å². The summed E-state index contributed by atoms with van der Waals surface area (Å²) in [5, 5.41) is 0.777. The van der Waals surface area contributed by atoms with E-state index in [1.54, 1.807) is 11.3 Å². The van der Waals surface area contributed by atoms with Crippen LogP contribution in [-0.2, 0) is 17.6 Å². The van der Waals surface area contributed by atoms with Crippen LogP contribution in [0.25, 0.3) is 5.69 Å². The van der Waals surface area contributed by atoms with Crippen LogP contribution in [-0.4, -0.2) is 23.4 Å². The molecule has 30 heavy (non-hydrogen) atoms. The third-order valence-electron chi connectivity index (χ3n) is 5.51. The highest BCUT2D eigenvalue weighted by molar-refractivity contribution is 14.1. The Morgan fingerprint density at radius 1 is 1.23 bits per heavy atom. The van der Waals surface area contributed by atoms with Crippen molar-refractivity contribution < 1.29 is 9.53 Å². The molecule has 0 saturated heterocycles. The number of aliphatic imine (C=N–C) groups is 1. The summed E-state index contributed by atoms with van der Waals surface area (Å²) in [4.78, 5) is 18.7. The molecule has 1 aliphatic carbocycles. The largest absolute Gasteiger partial charge is 0.462 e. The number of nitrogens with zero attached hydrogens (tertiary/aromatic N) is 2. The number of rotatable bonds is 5. The number of hydrogen-bond acceptors (Lipinski definition) is 4. The topological polar surface area (TPSA) is 43.6 Å². The van der Waals surface area contributed by atoms with Crippen molar-refractivity contribution in [3.05, 3.63) is 66.9 Å². The highest BCUT2D eigenvalue weighted by Crippen LogP contribution is 2.40. The molecule has 0 N–H and O–H groups in total. The number of thiophene rings is 1. The molecule has 0 aliphatic heterocycles. The van der Waals surface area contributed by atoms with Crippen molar-refractivity contribution in [2.45, 2.75) is 46.5 Å². The number of carbonyl (C=O) groups excluding carboxylic acids is 1. The zero-order chi connectivity index (χ0) is 21.3. The minimum Gasteiger partial charge on any atom is -0.462 e. The van der Waals surface area contributed by atoms with Crippen LogP contribution in [0.3, 0.4) is 0 Å². The second-order valence-corrected chi connectivity index (χ2v) is 9.84. The van der Waals surface area contributed by atoms with E-state index < -0.39 is 0 Å². The van der Waals surface area contributed by atoms with Crippen LogP contribution in [0.1, 0.15) is 57.5 Å². The number of aryl methyl sites for hydroxylation is 2. The van der Waals surface area contributed by atoms with Gasteiger partial charge in [0.2, 0.25) is 0 Å². The lowest BCUT2D eigenvalue weighted by Crippen LogP contribution is -2.09. The molecule has 0 radical (unpaired) electrons. The number of hydrogen-bond donors (Lipinski definition) is 0. The summed E-state index contributed by atoms with van der Waals surface area (Å²) in [6, 6.07) is 10.6. The van der Waals surface area contributed by atoms with E-state index in [2.05, 4.69) is 71.3 Å². The molecular formula is C24H25IN2O2S. The Hall–Kier alpha value is -1.93. The number of carbonyl (C=O) groups is 1. The van der Waals surface area contributed by atoms with Gasteiger partial charge in [0.15, 0.2) is 0 Å². The SMILES string of the molecule is CCOC(=O)c1c(/N=C/c2cc(C)n(-c3ccc(I)cc3)c2C)sc2c1CCCC2. The molecule has 0 spiro atoms. The van der Waals surface area contributed by atoms with E-state index in [1.807, 2.05) is 13.1 Å². The molecule has 0 bridgehead atoms. The molecule has 0 amide bonds. The first-order valence-corrected chi connectivity index (χ1v) is 12.2. The molecule has 3 aromatic rings. The Morgan fingerprint density at radius 2 is 1.97 bits per heavy atom. The van der Waals surface area contributed by atoms with Crippen molar-refractivity contribution in [1.29, 1.82) is 0 Å². The van der Waals surface area contributed by atoms with Crippen molar-refractivity contribution in [2.24, 2.45) is 4.99 Å². The van der Waals surface area contributed by atoms with Crippen LogP contribution in [0.5, 0.6) is 0 Å². The Kier molecular flexibility index (Phi) is 6.43. The van der Waals surface area contributed by atoms with Gasteiger partial charge in [-0.05, 0) is 105 Å². The molecule has 6 heteroatoms. The standard InChI is InChI=1S/C24H25IN2O2S/c1-4-29-24(28)22-20-7-5-6-8-21(20)30-23(22)26-14-17-13-15(2)27(16(17)3)19-11-9-18(25)10-12-19/h9-14H,4-8H2,1-3H3/b26-14+. The van der Waals surface area contributed by atoms with E-state index in [0.717, 1.165) is 52.5 Å². The summed E-state index contributed by atoms with van der Waals surface area (Å²) in [6.07, 6.45) is 6.16. The number of halogens is 1. The molecule has 4 nitrogen and oxygen atoms in total. The smallest absolute Gasteiger partial charge is 0.341 e. The van der Waals surface area contributed by atoms with Crippen LogP contribution in [0.2, 0.25) is 0 Å². The molecule has 1 aromatic carbocycles. The number of esters is 1. The van der Waals surface area contributed by atoms with Gasteiger partial charge in [0, 0.05) is 37.3 Å². The summed E-state index contributed by atoms with van der Waals surface area (Å²) >= 11 is 3.96. The predicted molar refractivity (Wildman–Crippen MR) is 132 cm³/mol. The summed E-state index contributed by atoms with van der Waals surface area (Å²) in [5.74, 6) is -0.242. The number of ether oxygens (including phenoxy) is 1. The average molecular weight is 532 g/mol. The lowest BCUT2D eigenvalue weighted by atomic mass is 9.95. The van der Waals surface area contributed by atoms with E-state index in [1.165, 1.54) is 14.9 Å². The van der Waals surface area contributed by atoms with Gasteiger partial charge in [0.1, 0.15) is 5.00 Å². The Balaban J connectivity index is 1.71. The third kappa shape index (κ3) is 4.12. The Bertz CT molecular complexity index is 1110. The fourth-order valence-corrected chi connectivity index (χ4v) is 5.67. The van der Waals surface area contributed by atoms with Crippen molar-refractivity contribution in [3.63, 3.8) is 0 Å². The van der Waals surface area contributed by atoms with Crippen molar-refractivity contribution in [2.75, 3.05) is 6.61 Å². The summed E-state index contributed by atoms with van der Waals surface area (Å²) < 4.78 is 8.80. The molecule has 0 unspecified atom stereocenters. The first-order valence-electron chi connectivity index (χ1n) is 10.3. The van der Waals surface area contributed by atoms with Gasteiger partial charge >= 0.3 is 5.97 Å². The van der Waals surface area contributed by atoms with Crippen molar-refractivity contribution >= 4 is 51.1 Å². The zero-order valence-electron chi connectivity index (χ0n) is 17.5. The monoisotopic (exact) mass is 532 g/mol. The quantitative estimate of drug-likeness (QED) is 0.212. The maximum Gasteiger partial charge on any atom is 0.341 e. The molecule has 4 rings (SSSR count). The molecule has 0 atom stereocenters. The number of aromatic nitrogens is 1. The molecule has 0 saturated carbocycles. The van der Waals surface area contributed by atoms with Gasteiger partial charge in [0.05, 0.1) is 12.2 Å². The van der Waals surface area contributed by atoms with E-state index in [0.29, 0.717) is 12.2 Å². The van der Waals surface area contributed by atoms with Crippen LogP contribution < -0.4 is 0 Å². The summed E-state index contributed by atoms with van der Waals surface area (Å²) in [5.41, 5.74) is 6.33. The van der Waals surface area contributed by atoms with Crippen LogP contribution in [0.15, 0.2) is 35.3 Å². The van der Waals surface area contributed by atoms with Crippen molar-refractivity contribution in [3.8, 4) is 5.69 Å². The Labute approximate surface area is 195 Å². The average Bonchev–Trinajstić information content (AvgIpc) is 3.24. The molecule has 2 aromatic heterocycles. The number of fused-ring (bicyclic) bond motifs is 1. The molecule has 0 fully saturated rings. The van der Waals surface area contributed by atoms with Gasteiger partial charge in [-0.15, -0.1) is 11.3 Å². The molecule has 2 heterocycles. The van der Waals surface area contributed by atoms with Gasteiger partial charge in [-0.2, -0.15) is 0 Å². The third-order valence-corrected chi connectivity index (χ3v) is 7.43. The first kappa shape index (κ1) is 21.3. The minimum atomic E-state index is -0.242. The minimum absolute atomic E-state index is 0.242.